The highest BCUT2D eigenvalue weighted by Crippen LogP contribution is 2.48. The number of imide groups is 1. The highest BCUT2D eigenvalue weighted by atomic mass is 32.2. The van der Waals surface area contributed by atoms with Gasteiger partial charge in [-0.25, -0.2) is 9.86 Å². The van der Waals surface area contributed by atoms with Gasteiger partial charge in [0.2, 0.25) is 0 Å². The van der Waals surface area contributed by atoms with E-state index in [4.69, 9.17) is 14.7 Å². The van der Waals surface area contributed by atoms with Gasteiger partial charge in [0.05, 0.1) is 24.1 Å². The van der Waals surface area contributed by atoms with Gasteiger partial charge in [0.1, 0.15) is 0 Å². The van der Waals surface area contributed by atoms with Crippen molar-refractivity contribution in [3.63, 3.8) is 0 Å². The molecule has 332 valence electrons. The molecule has 0 bridgehead atoms. The molecule has 3 heterocycles. The Hall–Kier alpha value is -5.01. The molecule has 0 radical (unpaired) electrons. The van der Waals surface area contributed by atoms with Gasteiger partial charge in [0.15, 0.2) is 0 Å². The van der Waals surface area contributed by atoms with Crippen molar-refractivity contribution in [2.75, 3.05) is 51.5 Å². The van der Waals surface area contributed by atoms with Gasteiger partial charge in [-0.05, 0) is 66.8 Å². The van der Waals surface area contributed by atoms with Crippen LogP contribution < -0.4 is 4.90 Å². The smallest absolute Gasteiger partial charge is 0.333 e. The molecule has 0 saturated carbocycles. The lowest BCUT2D eigenvalue weighted by molar-refractivity contribution is -0.197. The molecule has 61 heavy (non-hydrogen) atoms. The zero-order valence-electron chi connectivity index (χ0n) is 35.8. The Morgan fingerprint density at radius 3 is 2.31 bits per heavy atom. The van der Waals surface area contributed by atoms with Crippen molar-refractivity contribution in [3.8, 4) is 0 Å². The van der Waals surface area contributed by atoms with Gasteiger partial charge >= 0.3 is 5.97 Å². The summed E-state index contributed by atoms with van der Waals surface area (Å²) in [6, 6.07) is 4.55. The van der Waals surface area contributed by atoms with E-state index in [1.165, 1.54) is 26.3 Å². The summed E-state index contributed by atoms with van der Waals surface area (Å²) in [5.74, 6) is -2.04. The van der Waals surface area contributed by atoms with Crippen LogP contribution in [0.15, 0.2) is 99.7 Å². The number of nitrogens with zero attached hydrogens (tertiary/aromatic N) is 5. The van der Waals surface area contributed by atoms with Gasteiger partial charge in [-0.2, -0.15) is 8.42 Å². The summed E-state index contributed by atoms with van der Waals surface area (Å²) in [5.41, 5.74) is 3.43. The van der Waals surface area contributed by atoms with Crippen molar-refractivity contribution in [2.24, 2.45) is 10.4 Å². The molecule has 0 spiro atoms. The molecule has 4 rings (SSSR count). The molecule has 1 N–H and O–H groups in total. The Bertz CT molecular complexity index is 2190. The van der Waals surface area contributed by atoms with Crippen molar-refractivity contribution < 1.29 is 50.6 Å². The van der Waals surface area contributed by atoms with Crippen molar-refractivity contribution in [3.05, 3.63) is 95.4 Å². The van der Waals surface area contributed by atoms with Crippen LogP contribution in [0.25, 0.3) is 0 Å². The maximum absolute atomic E-state index is 13.2. The predicted molar refractivity (Wildman–Crippen MR) is 231 cm³/mol. The van der Waals surface area contributed by atoms with Crippen LogP contribution in [0.1, 0.15) is 78.2 Å². The fourth-order valence-electron chi connectivity index (χ4n) is 7.12. The lowest BCUT2D eigenvalue weighted by Crippen LogP contribution is -2.32. The van der Waals surface area contributed by atoms with Crippen LogP contribution in [0.3, 0.4) is 0 Å². The second-order valence-corrected chi connectivity index (χ2v) is 18.3. The van der Waals surface area contributed by atoms with Gasteiger partial charge in [0, 0.05) is 86.3 Å². The van der Waals surface area contributed by atoms with E-state index in [-0.39, 0.29) is 35.8 Å². The van der Waals surface area contributed by atoms with Crippen molar-refractivity contribution in [1.29, 1.82) is 0 Å². The normalized spacial score (nSPS) is 19.6. The molecule has 1 aromatic carbocycles. The number of unbranched alkanes of at least 4 members (excludes halogenated alkanes) is 2. The number of fused-ring (bicyclic) bond motifs is 1. The van der Waals surface area contributed by atoms with E-state index in [0.717, 1.165) is 33.3 Å². The maximum Gasteiger partial charge on any atom is 0.333 e. The fourth-order valence-corrected chi connectivity index (χ4v) is 7.99. The van der Waals surface area contributed by atoms with Crippen LogP contribution in [0.2, 0.25) is 0 Å². The summed E-state index contributed by atoms with van der Waals surface area (Å²) in [5, 5.41) is 1.67. The number of hydrogen-bond donors (Lipinski definition) is 1. The third-order valence-corrected chi connectivity index (χ3v) is 12.2. The van der Waals surface area contributed by atoms with Crippen molar-refractivity contribution in [1.82, 2.24) is 15.0 Å². The molecule has 18 heteroatoms. The average molecular weight is 883 g/mol. The van der Waals surface area contributed by atoms with E-state index in [2.05, 4.69) is 4.90 Å². The van der Waals surface area contributed by atoms with Crippen LogP contribution in [-0.4, -0.2) is 113 Å². The number of rotatable bonds is 20. The molecule has 0 aromatic heterocycles. The van der Waals surface area contributed by atoms with Crippen molar-refractivity contribution >= 4 is 56.3 Å². The number of carbonyl (C=O) groups excluding carboxylic acids is 4. The average Bonchev–Trinajstić information content (AvgIpc) is 3.74. The Kier molecular flexibility index (Phi) is 16.9. The number of anilines is 1. The van der Waals surface area contributed by atoms with Gasteiger partial charge in [-0.1, -0.05) is 75.6 Å². The van der Waals surface area contributed by atoms with Gasteiger partial charge in [-0.3, -0.25) is 33.0 Å². The highest BCUT2D eigenvalue weighted by molar-refractivity contribution is 7.85. The summed E-state index contributed by atoms with van der Waals surface area (Å²) in [6.45, 7) is 9.39. The first kappa shape index (κ1) is 48.7. The zero-order valence-corrected chi connectivity index (χ0v) is 37.4. The molecule has 1 fully saturated rings. The third kappa shape index (κ3) is 12.8. The van der Waals surface area contributed by atoms with E-state index < -0.39 is 49.8 Å². The number of carbonyl (C=O) groups is 4. The largest absolute Gasteiger partial charge is 0.772 e. The summed E-state index contributed by atoms with van der Waals surface area (Å²) in [7, 11) is 0.260. The molecule has 3 aliphatic heterocycles. The minimum atomic E-state index is -4.44. The first-order valence-electron chi connectivity index (χ1n) is 19.9. The molecule has 3 aliphatic rings. The van der Waals surface area contributed by atoms with Gasteiger partial charge in [-0.15, -0.1) is 5.06 Å². The minimum Gasteiger partial charge on any atom is -0.772 e. The Morgan fingerprint density at radius 2 is 1.66 bits per heavy atom. The molecular formula is C43H56N5O11S2-. The number of hydrogen-bond acceptors (Lipinski definition) is 13. The van der Waals surface area contributed by atoms with Gasteiger partial charge < -0.3 is 19.2 Å². The topological polar surface area (TPSA) is 207 Å². The first-order valence-corrected chi connectivity index (χ1v) is 22.6. The number of aliphatic imine (C=N–C) groups is 1. The van der Waals surface area contributed by atoms with Crippen LogP contribution in [0.4, 0.5) is 5.69 Å². The van der Waals surface area contributed by atoms with E-state index in [0.29, 0.717) is 56.0 Å². The van der Waals surface area contributed by atoms with Gasteiger partial charge in [0.25, 0.3) is 27.8 Å². The van der Waals surface area contributed by atoms with Crippen LogP contribution in [0.5, 0.6) is 0 Å². The highest BCUT2D eigenvalue weighted by Gasteiger charge is 2.40. The Labute approximate surface area is 361 Å². The molecule has 1 aromatic rings. The number of hydroxylamine groups is 4. The second-order valence-electron chi connectivity index (χ2n) is 15.9. The quantitative estimate of drug-likeness (QED) is 0.0338. The van der Waals surface area contributed by atoms with Crippen LogP contribution in [-0.2, 0) is 55.5 Å². The van der Waals surface area contributed by atoms with Crippen LogP contribution in [0, 0.1) is 5.41 Å². The fraction of sp³-hybridized carbons (Fsp3) is 0.465. The zero-order chi connectivity index (χ0) is 45.1. The predicted octanol–water partition coefficient (Wildman–Crippen LogP) is 5.26. The van der Waals surface area contributed by atoms with Crippen molar-refractivity contribution in [2.45, 2.75) is 83.0 Å². The SMILES string of the molecule is CON(C)C(=O)C(/C=C1\CN=C(/C=C/C=C/C=C/C=C2/N(CCCCCC(=O)ON3C(=O)CCC3=O)c3ccc(S(=O)(=O)O)cc3C2(C)C)C1(C)C)=C/N(C)CCCS(=O)[O-]. The summed E-state index contributed by atoms with van der Waals surface area (Å²) < 4.78 is 55.8. The van der Waals surface area contributed by atoms with E-state index >= 15 is 0 Å². The molecule has 1 atom stereocenters. The van der Waals surface area contributed by atoms with E-state index in [1.54, 1.807) is 24.2 Å². The summed E-state index contributed by atoms with van der Waals surface area (Å²) >= 11 is -2.14. The molecule has 0 aliphatic carbocycles. The minimum absolute atomic E-state index is 0.0234. The standard InChI is InChI=1S/C43H57N5O11S2/c1-42(2)32(27-31(41(52)46(6)58-7)30-45(5)24-16-26-60(53)54)29-44-36(42)17-12-9-8-10-13-18-37-43(3,4)34-28-33(61(55,56)57)20-21-35(34)47(37)25-15-11-14-19-40(51)59-48-38(49)22-23-39(48)50/h8-10,12-13,17-18,20-21,27-28,30H,11,14-16,19,22-26,29H2,1-7H3,(H,53,54)(H,55,56,57)/p-1/b9-8+,13-10+,17-12+,31-30+,32-27+,37-18+. The monoisotopic (exact) mass is 882 g/mol. The summed E-state index contributed by atoms with van der Waals surface area (Å²) in [6.07, 6.45) is 19.0. The molecule has 16 nitrogen and oxygen atoms in total. The molecule has 1 unspecified atom stereocenters. The number of likely N-dealkylation sites (N-methyl/N-ethyl adjacent to an activating group) is 1. The Balaban J connectivity index is 1.44. The maximum atomic E-state index is 13.2. The van der Waals surface area contributed by atoms with Crippen LogP contribution >= 0.6 is 0 Å². The van der Waals surface area contributed by atoms with E-state index in [9.17, 15) is 40.9 Å². The number of amides is 3. The third-order valence-electron chi connectivity index (χ3n) is 10.8. The first-order chi connectivity index (χ1) is 28.7. The molecule has 1 saturated heterocycles. The number of allylic oxidation sites excluding steroid dienone is 8. The summed E-state index contributed by atoms with van der Waals surface area (Å²) in [4.78, 5) is 67.5. The van der Waals surface area contributed by atoms with E-state index in [1.807, 2.05) is 76.3 Å². The lowest BCUT2D eigenvalue weighted by atomic mass is 9.80. The molecule has 3 amide bonds. The second kappa shape index (κ2) is 21.2. The Morgan fingerprint density at radius 1 is 0.984 bits per heavy atom. The number of benzene rings is 1. The lowest BCUT2D eigenvalue weighted by Gasteiger charge is -2.27. The molecular weight excluding hydrogens is 827 g/mol.